The molecule has 0 aliphatic carbocycles. The molecular formula is C12H24N2O2. The van der Waals surface area contributed by atoms with Crippen LogP contribution in [0, 0.1) is 0 Å². The number of amides is 1. The summed E-state index contributed by atoms with van der Waals surface area (Å²) >= 11 is 0. The second kappa shape index (κ2) is 6.86. The fourth-order valence-electron chi connectivity index (χ4n) is 1.79. The van der Waals surface area contributed by atoms with Crippen molar-refractivity contribution < 1.29 is 9.53 Å². The molecule has 4 heteroatoms. The van der Waals surface area contributed by atoms with Gasteiger partial charge in [-0.3, -0.25) is 4.79 Å². The molecular weight excluding hydrogens is 204 g/mol. The third-order valence-corrected chi connectivity index (χ3v) is 3.33. The predicted molar refractivity (Wildman–Crippen MR) is 64.4 cm³/mol. The van der Waals surface area contributed by atoms with Gasteiger partial charge in [0.25, 0.3) is 0 Å². The summed E-state index contributed by atoms with van der Waals surface area (Å²) in [5.41, 5.74) is 0. The van der Waals surface area contributed by atoms with Gasteiger partial charge < -0.3 is 15.0 Å². The minimum absolute atomic E-state index is 0.0510. The van der Waals surface area contributed by atoms with Crippen LogP contribution in [0.5, 0.6) is 0 Å². The Morgan fingerprint density at radius 1 is 1.62 bits per heavy atom. The molecule has 0 aromatic heterocycles. The van der Waals surface area contributed by atoms with Crippen molar-refractivity contribution in [1.82, 2.24) is 10.2 Å². The highest BCUT2D eigenvalue weighted by Gasteiger charge is 2.22. The lowest BCUT2D eigenvalue weighted by Crippen LogP contribution is -2.40. The van der Waals surface area contributed by atoms with Crippen molar-refractivity contribution in [2.75, 3.05) is 26.7 Å². The van der Waals surface area contributed by atoms with Gasteiger partial charge in [0, 0.05) is 25.7 Å². The second-order valence-electron chi connectivity index (χ2n) is 4.53. The van der Waals surface area contributed by atoms with Crippen LogP contribution in [-0.2, 0) is 9.53 Å². The Morgan fingerprint density at radius 3 is 2.94 bits per heavy atom. The second-order valence-corrected chi connectivity index (χ2v) is 4.53. The standard InChI is InChI=1S/C12H24N2O2/c1-4-10(2)14(3)8-7-13-12(15)11-6-5-9-16-11/h10-11H,4-9H2,1-3H3,(H,13,15). The minimum Gasteiger partial charge on any atom is -0.368 e. The van der Waals surface area contributed by atoms with Crippen LogP contribution in [0.4, 0.5) is 0 Å². The van der Waals surface area contributed by atoms with Crippen molar-refractivity contribution in [2.24, 2.45) is 0 Å². The van der Waals surface area contributed by atoms with Crippen molar-refractivity contribution in [3.63, 3.8) is 0 Å². The minimum atomic E-state index is -0.200. The van der Waals surface area contributed by atoms with E-state index >= 15 is 0 Å². The molecule has 1 heterocycles. The molecule has 1 amide bonds. The maximum absolute atomic E-state index is 11.6. The molecule has 0 saturated carbocycles. The van der Waals surface area contributed by atoms with Gasteiger partial charge >= 0.3 is 0 Å². The molecule has 1 saturated heterocycles. The van der Waals surface area contributed by atoms with Crippen LogP contribution in [0.2, 0.25) is 0 Å². The predicted octanol–water partition coefficient (Wildman–Crippen LogP) is 1.01. The maximum Gasteiger partial charge on any atom is 0.249 e. The molecule has 1 aliphatic heterocycles. The Morgan fingerprint density at radius 2 is 2.38 bits per heavy atom. The van der Waals surface area contributed by atoms with Crippen molar-refractivity contribution in [2.45, 2.75) is 45.3 Å². The Labute approximate surface area is 98.3 Å². The number of rotatable bonds is 6. The van der Waals surface area contributed by atoms with Crippen LogP contribution >= 0.6 is 0 Å². The normalized spacial score (nSPS) is 22.4. The van der Waals surface area contributed by atoms with E-state index < -0.39 is 0 Å². The fraction of sp³-hybridized carbons (Fsp3) is 0.917. The molecule has 2 unspecified atom stereocenters. The largest absolute Gasteiger partial charge is 0.368 e. The molecule has 16 heavy (non-hydrogen) atoms. The van der Waals surface area contributed by atoms with E-state index in [1.54, 1.807) is 0 Å². The lowest BCUT2D eigenvalue weighted by atomic mass is 10.2. The van der Waals surface area contributed by atoms with Crippen molar-refractivity contribution in [1.29, 1.82) is 0 Å². The zero-order valence-corrected chi connectivity index (χ0v) is 10.7. The highest BCUT2D eigenvalue weighted by atomic mass is 16.5. The number of likely N-dealkylation sites (N-methyl/N-ethyl adjacent to an activating group) is 1. The van der Waals surface area contributed by atoms with E-state index in [2.05, 4.69) is 31.1 Å². The first-order chi connectivity index (χ1) is 7.65. The average molecular weight is 228 g/mol. The van der Waals surface area contributed by atoms with E-state index in [-0.39, 0.29) is 12.0 Å². The Kier molecular flexibility index (Phi) is 5.77. The molecule has 0 radical (unpaired) electrons. The van der Waals surface area contributed by atoms with Crippen molar-refractivity contribution >= 4 is 5.91 Å². The van der Waals surface area contributed by atoms with Crippen LogP contribution in [0.25, 0.3) is 0 Å². The summed E-state index contributed by atoms with van der Waals surface area (Å²) < 4.78 is 5.32. The lowest BCUT2D eigenvalue weighted by molar-refractivity contribution is -0.130. The topological polar surface area (TPSA) is 41.6 Å². The first kappa shape index (κ1) is 13.5. The summed E-state index contributed by atoms with van der Waals surface area (Å²) in [7, 11) is 2.09. The smallest absolute Gasteiger partial charge is 0.249 e. The van der Waals surface area contributed by atoms with Crippen LogP contribution in [0.1, 0.15) is 33.1 Å². The van der Waals surface area contributed by atoms with E-state index in [0.717, 1.165) is 32.4 Å². The summed E-state index contributed by atoms with van der Waals surface area (Å²) in [6, 6.07) is 0.569. The summed E-state index contributed by atoms with van der Waals surface area (Å²) in [6.45, 7) is 6.70. The third kappa shape index (κ3) is 4.10. The van der Waals surface area contributed by atoms with Crippen LogP contribution in [-0.4, -0.2) is 49.7 Å². The summed E-state index contributed by atoms with van der Waals surface area (Å²) in [6.07, 6.45) is 2.81. The first-order valence-electron chi connectivity index (χ1n) is 6.24. The number of carbonyl (C=O) groups excluding carboxylic acids is 1. The molecule has 1 aliphatic rings. The molecule has 4 nitrogen and oxygen atoms in total. The molecule has 0 spiro atoms. The zero-order chi connectivity index (χ0) is 12.0. The maximum atomic E-state index is 11.6. The molecule has 1 rings (SSSR count). The number of carbonyl (C=O) groups is 1. The van der Waals surface area contributed by atoms with Gasteiger partial charge in [-0.2, -0.15) is 0 Å². The van der Waals surface area contributed by atoms with E-state index in [1.165, 1.54) is 0 Å². The molecule has 1 fully saturated rings. The van der Waals surface area contributed by atoms with E-state index in [4.69, 9.17) is 4.74 Å². The average Bonchev–Trinajstić information content (AvgIpc) is 2.81. The molecule has 0 bridgehead atoms. The Bertz CT molecular complexity index is 215. The SMILES string of the molecule is CCC(C)N(C)CCNC(=O)C1CCCO1. The van der Waals surface area contributed by atoms with Crippen LogP contribution in [0.3, 0.4) is 0 Å². The van der Waals surface area contributed by atoms with Gasteiger partial charge in [-0.05, 0) is 33.2 Å². The van der Waals surface area contributed by atoms with Gasteiger partial charge in [-0.25, -0.2) is 0 Å². The number of hydrogen-bond acceptors (Lipinski definition) is 3. The van der Waals surface area contributed by atoms with E-state index in [1.807, 2.05) is 0 Å². The molecule has 2 atom stereocenters. The molecule has 1 N–H and O–H groups in total. The summed E-state index contributed by atoms with van der Waals surface area (Å²) in [5, 5.41) is 2.93. The number of hydrogen-bond donors (Lipinski definition) is 1. The quantitative estimate of drug-likeness (QED) is 0.738. The molecule has 0 aromatic carbocycles. The molecule has 94 valence electrons. The third-order valence-electron chi connectivity index (χ3n) is 3.33. The highest BCUT2D eigenvalue weighted by molar-refractivity contribution is 5.80. The van der Waals surface area contributed by atoms with Gasteiger partial charge in [0.15, 0.2) is 0 Å². The first-order valence-corrected chi connectivity index (χ1v) is 6.24. The lowest BCUT2D eigenvalue weighted by Gasteiger charge is -2.23. The van der Waals surface area contributed by atoms with E-state index in [9.17, 15) is 4.79 Å². The van der Waals surface area contributed by atoms with Gasteiger partial charge in [0.2, 0.25) is 5.91 Å². The van der Waals surface area contributed by atoms with Crippen molar-refractivity contribution in [3.8, 4) is 0 Å². The Hall–Kier alpha value is -0.610. The number of ether oxygens (including phenoxy) is 1. The monoisotopic (exact) mass is 228 g/mol. The van der Waals surface area contributed by atoms with Crippen LogP contribution < -0.4 is 5.32 Å². The van der Waals surface area contributed by atoms with Crippen molar-refractivity contribution in [3.05, 3.63) is 0 Å². The van der Waals surface area contributed by atoms with E-state index in [0.29, 0.717) is 12.6 Å². The van der Waals surface area contributed by atoms with Gasteiger partial charge in [0.05, 0.1) is 0 Å². The van der Waals surface area contributed by atoms with Gasteiger partial charge in [-0.1, -0.05) is 6.92 Å². The number of nitrogens with zero attached hydrogens (tertiary/aromatic N) is 1. The fourth-order valence-corrected chi connectivity index (χ4v) is 1.79. The van der Waals surface area contributed by atoms with Crippen LogP contribution in [0.15, 0.2) is 0 Å². The summed E-state index contributed by atoms with van der Waals surface area (Å²) in [4.78, 5) is 13.9. The summed E-state index contributed by atoms with van der Waals surface area (Å²) in [5.74, 6) is 0.0510. The molecule has 0 aromatic rings. The van der Waals surface area contributed by atoms with Gasteiger partial charge in [-0.15, -0.1) is 0 Å². The number of nitrogens with one attached hydrogen (secondary N) is 1. The van der Waals surface area contributed by atoms with Gasteiger partial charge in [0.1, 0.15) is 6.10 Å². The zero-order valence-electron chi connectivity index (χ0n) is 10.7. The Balaban J connectivity index is 2.12. The highest BCUT2D eigenvalue weighted by Crippen LogP contribution is 2.11.